The Bertz CT molecular complexity index is 2370. The molecule has 0 radical (unpaired) electrons. The van der Waals surface area contributed by atoms with Crippen LogP contribution in [0.5, 0.6) is 0 Å². The fraction of sp³-hybridized carbons (Fsp3) is 0.130. The molecule has 48 heavy (non-hydrogen) atoms. The van der Waals surface area contributed by atoms with Crippen molar-refractivity contribution in [3.05, 3.63) is 174 Å². The summed E-state index contributed by atoms with van der Waals surface area (Å²) in [6, 6.07) is 56.3. The summed E-state index contributed by atoms with van der Waals surface area (Å²) in [6.07, 6.45) is 0. The Morgan fingerprint density at radius 1 is 0.438 bits per heavy atom. The Hall–Kier alpha value is -5.05. The Balaban J connectivity index is 1.16. The summed E-state index contributed by atoms with van der Waals surface area (Å²) in [6.45, 7) is 9.43. The lowest BCUT2D eigenvalue weighted by Crippen LogP contribution is -2.23. The SMILES string of the molecule is CC1(C)c2ccccc2Sc2ccc(-c3ccc(N(c4ccc5c(c4)C(C)(C)c4ccccc4-5)c4cccc5ccccc45)cc3)cc21. The van der Waals surface area contributed by atoms with Gasteiger partial charge >= 0.3 is 0 Å². The normalized spacial score (nSPS) is 14.9. The molecule has 2 heteroatoms. The fourth-order valence-corrected chi connectivity index (χ4v) is 9.46. The van der Waals surface area contributed by atoms with E-state index in [1.165, 1.54) is 76.4 Å². The molecule has 7 aromatic carbocycles. The van der Waals surface area contributed by atoms with Crippen LogP contribution in [0.4, 0.5) is 17.1 Å². The summed E-state index contributed by atoms with van der Waals surface area (Å²) in [5.74, 6) is 0. The van der Waals surface area contributed by atoms with Gasteiger partial charge in [-0.25, -0.2) is 0 Å². The van der Waals surface area contributed by atoms with Crippen molar-refractivity contribution in [1.29, 1.82) is 0 Å². The molecule has 0 saturated carbocycles. The molecular weight excluding hydrogens is 599 g/mol. The van der Waals surface area contributed by atoms with E-state index in [2.05, 4.69) is 184 Å². The first-order chi connectivity index (χ1) is 23.3. The third-order valence-corrected chi connectivity index (χ3v) is 11.9. The van der Waals surface area contributed by atoms with Crippen LogP contribution in [0.1, 0.15) is 49.9 Å². The molecule has 0 spiro atoms. The highest BCUT2D eigenvalue weighted by Gasteiger charge is 2.36. The maximum atomic E-state index is 2.44. The molecule has 0 amide bonds. The van der Waals surface area contributed by atoms with Crippen LogP contribution in [0, 0.1) is 0 Å². The minimum atomic E-state index is -0.0742. The number of benzene rings is 7. The molecule has 0 N–H and O–H groups in total. The van der Waals surface area contributed by atoms with Gasteiger partial charge in [0.2, 0.25) is 0 Å². The van der Waals surface area contributed by atoms with E-state index in [-0.39, 0.29) is 10.8 Å². The van der Waals surface area contributed by atoms with Gasteiger partial charge < -0.3 is 4.90 Å². The smallest absolute Gasteiger partial charge is 0.0540 e. The van der Waals surface area contributed by atoms with Gasteiger partial charge in [-0.05, 0) is 98.4 Å². The second-order valence-electron chi connectivity index (χ2n) is 14.2. The number of nitrogens with zero attached hydrogens (tertiary/aromatic N) is 1. The predicted molar refractivity (Wildman–Crippen MR) is 204 cm³/mol. The zero-order valence-electron chi connectivity index (χ0n) is 27.8. The van der Waals surface area contributed by atoms with Crippen molar-refractivity contribution in [2.24, 2.45) is 0 Å². The zero-order chi connectivity index (χ0) is 32.6. The molecular formula is C46H37NS. The van der Waals surface area contributed by atoms with Crippen LogP contribution in [-0.4, -0.2) is 0 Å². The Kier molecular flexibility index (Phi) is 6.51. The molecule has 0 atom stereocenters. The second kappa shape index (κ2) is 10.7. The van der Waals surface area contributed by atoms with Crippen molar-refractivity contribution in [2.75, 3.05) is 4.90 Å². The molecule has 9 rings (SSSR count). The van der Waals surface area contributed by atoms with E-state index in [1.54, 1.807) is 0 Å². The largest absolute Gasteiger partial charge is 0.310 e. The van der Waals surface area contributed by atoms with Crippen LogP contribution in [0.25, 0.3) is 33.0 Å². The lowest BCUT2D eigenvalue weighted by atomic mass is 9.77. The maximum absolute atomic E-state index is 2.44. The van der Waals surface area contributed by atoms with Crippen LogP contribution < -0.4 is 4.90 Å². The molecule has 0 unspecified atom stereocenters. The second-order valence-corrected chi connectivity index (χ2v) is 15.3. The van der Waals surface area contributed by atoms with Gasteiger partial charge in [0.1, 0.15) is 0 Å². The van der Waals surface area contributed by atoms with E-state index < -0.39 is 0 Å². The molecule has 7 aromatic rings. The van der Waals surface area contributed by atoms with Gasteiger partial charge in [0, 0.05) is 37.4 Å². The Morgan fingerprint density at radius 3 is 1.92 bits per heavy atom. The molecule has 2 aliphatic rings. The van der Waals surface area contributed by atoms with E-state index in [4.69, 9.17) is 0 Å². The van der Waals surface area contributed by atoms with Gasteiger partial charge in [0.25, 0.3) is 0 Å². The van der Waals surface area contributed by atoms with Crippen molar-refractivity contribution in [2.45, 2.75) is 48.3 Å². The fourth-order valence-electron chi connectivity index (χ4n) is 8.09. The van der Waals surface area contributed by atoms with E-state index in [9.17, 15) is 0 Å². The van der Waals surface area contributed by atoms with Crippen LogP contribution in [0.15, 0.2) is 161 Å². The van der Waals surface area contributed by atoms with Gasteiger partial charge in [-0.1, -0.05) is 143 Å². The third kappa shape index (κ3) is 4.39. The average molecular weight is 636 g/mol. The molecule has 0 fully saturated rings. The van der Waals surface area contributed by atoms with Crippen molar-refractivity contribution in [3.8, 4) is 22.3 Å². The summed E-state index contributed by atoms with van der Waals surface area (Å²) in [4.78, 5) is 5.15. The molecule has 0 aromatic heterocycles. The Morgan fingerprint density at radius 2 is 1.06 bits per heavy atom. The monoisotopic (exact) mass is 635 g/mol. The average Bonchev–Trinajstić information content (AvgIpc) is 3.34. The molecule has 0 bridgehead atoms. The number of fused-ring (bicyclic) bond motifs is 6. The number of anilines is 3. The first-order valence-corrected chi connectivity index (χ1v) is 17.7. The van der Waals surface area contributed by atoms with Gasteiger partial charge in [-0.15, -0.1) is 0 Å². The number of hydrogen-bond donors (Lipinski definition) is 0. The van der Waals surface area contributed by atoms with E-state index in [0.717, 1.165) is 5.69 Å². The number of hydrogen-bond acceptors (Lipinski definition) is 2. The van der Waals surface area contributed by atoms with Gasteiger partial charge in [-0.2, -0.15) is 0 Å². The maximum Gasteiger partial charge on any atom is 0.0540 e. The molecule has 1 aliphatic heterocycles. The molecule has 0 saturated heterocycles. The van der Waals surface area contributed by atoms with Crippen molar-refractivity contribution in [1.82, 2.24) is 0 Å². The minimum absolute atomic E-state index is 0.0563. The predicted octanol–water partition coefficient (Wildman–Crippen LogP) is 13.1. The highest BCUT2D eigenvalue weighted by Crippen LogP contribution is 2.52. The standard InChI is InChI=1S/C46H37NS/c1-45(2)38-16-8-7-15-36(38)37-26-25-34(29-40(37)45)47(42-18-11-13-31-12-5-6-14-35(31)42)33-23-20-30(21-24-33)32-22-27-44-41(28-32)46(3,4)39-17-9-10-19-43(39)48-44/h5-29H,1-4H3. The van der Waals surface area contributed by atoms with Crippen LogP contribution in [0.2, 0.25) is 0 Å². The minimum Gasteiger partial charge on any atom is -0.310 e. The summed E-state index contributed by atoms with van der Waals surface area (Å²) in [5.41, 5.74) is 14.1. The van der Waals surface area contributed by atoms with Crippen molar-refractivity contribution >= 4 is 39.6 Å². The van der Waals surface area contributed by atoms with E-state index in [0.29, 0.717) is 0 Å². The summed E-state index contributed by atoms with van der Waals surface area (Å²) in [7, 11) is 0. The number of rotatable bonds is 4. The summed E-state index contributed by atoms with van der Waals surface area (Å²) >= 11 is 1.89. The first-order valence-electron chi connectivity index (χ1n) is 16.9. The summed E-state index contributed by atoms with van der Waals surface area (Å²) in [5, 5.41) is 2.48. The highest BCUT2D eigenvalue weighted by molar-refractivity contribution is 7.99. The zero-order valence-corrected chi connectivity index (χ0v) is 28.6. The van der Waals surface area contributed by atoms with Gasteiger partial charge in [0.05, 0.1) is 5.69 Å². The third-order valence-electron chi connectivity index (χ3n) is 10.7. The van der Waals surface area contributed by atoms with Gasteiger partial charge in [-0.3, -0.25) is 0 Å². The van der Waals surface area contributed by atoms with Crippen molar-refractivity contribution in [3.63, 3.8) is 0 Å². The quantitative estimate of drug-likeness (QED) is 0.189. The first kappa shape index (κ1) is 29.1. The molecule has 1 aliphatic carbocycles. The Labute approximate surface area is 287 Å². The lowest BCUT2D eigenvalue weighted by molar-refractivity contribution is 0.607. The topological polar surface area (TPSA) is 3.24 Å². The van der Waals surface area contributed by atoms with Crippen LogP contribution in [-0.2, 0) is 10.8 Å². The van der Waals surface area contributed by atoms with E-state index in [1.807, 2.05) is 11.8 Å². The van der Waals surface area contributed by atoms with Crippen LogP contribution in [0.3, 0.4) is 0 Å². The van der Waals surface area contributed by atoms with Crippen LogP contribution >= 0.6 is 11.8 Å². The van der Waals surface area contributed by atoms with E-state index >= 15 is 0 Å². The lowest BCUT2D eigenvalue weighted by Gasteiger charge is -2.35. The van der Waals surface area contributed by atoms with Crippen molar-refractivity contribution < 1.29 is 0 Å². The molecule has 1 nitrogen and oxygen atoms in total. The summed E-state index contributed by atoms with van der Waals surface area (Å²) < 4.78 is 0. The highest BCUT2D eigenvalue weighted by atomic mass is 32.2. The molecule has 1 heterocycles. The molecule has 232 valence electrons. The van der Waals surface area contributed by atoms with Gasteiger partial charge in [0.15, 0.2) is 0 Å².